The van der Waals surface area contributed by atoms with E-state index in [-0.39, 0.29) is 0 Å². The fourth-order valence-corrected chi connectivity index (χ4v) is 3.90. The Hall–Kier alpha value is -1.63. The van der Waals surface area contributed by atoms with Crippen molar-refractivity contribution >= 4 is 6.08 Å². The molecular formula is C21H29N3. The van der Waals surface area contributed by atoms with Gasteiger partial charge in [0.2, 0.25) is 0 Å². The molecule has 0 saturated heterocycles. The zero-order valence-electron chi connectivity index (χ0n) is 14.7. The molecule has 2 aliphatic rings. The van der Waals surface area contributed by atoms with Crippen LogP contribution in [-0.2, 0) is 0 Å². The highest BCUT2D eigenvalue weighted by Crippen LogP contribution is 2.39. The van der Waals surface area contributed by atoms with Crippen LogP contribution in [0.5, 0.6) is 0 Å². The molecule has 0 aromatic heterocycles. The molecule has 24 heavy (non-hydrogen) atoms. The zero-order valence-corrected chi connectivity index (χ0v) is 14.7. The Bertz CT molecular complexity index is 579. The summed E-state index contributed by atoms with van der Waals surface area (Å²) in [6, 6.07) is 14.8. The zero-order chi connectivity index (χ0) is 16.8. The van der Waals surface area contributed by atoms with Gasteiger partial charge in [-0.2, -0.15) is 5.26 Å². The Balaban J connectivity index is 1.38. The van der Waals surface area contributed by atoms with Crippen LogP contribution in [0.3, 0.4) is 0 Å². The van der Waals surface area contributed by atoms with Crippen LogP contribution >= 0.6 is 0 Å². The molecule has 2 aliphatic carbocycles. The van der Waals surface area contributed by atoms with Gasteiger partial charge in [-0.05, 0) is 50.5 Å². The van der Waals surface area contributed by atoms with Gasteiger partial charge in [0.05, 0.1) is 6.07 Å². The molecule has 0 radical (unpaired) electrons. The van der Waals surface area contributed by atoms with E-state index in [4.69, 9.17) is 5.26 Å². The second kappa shape index (κ2) is 8.46. The fourth-order valence-electron chi connectivity index (χ4n) is 3.90. The Morgan fingerprint density at radius 1 is 1.17 bits per heavy atom. The number of benzene rings is 1. The Morgan fingerprint density at radius 2 is 1.88 bits per heavy atom. The highest BCUT2D eigenvalue weighted by molar-refractivity contribution is 5.53. The molecule has 0 unspecified atom stereocenters. The molecule has 0 amide bonds. The van der Waals surface area contributed by atoms with E-state index in [2.05, 4.69) is 60.0 Å². The molecule has 0 aliphatic heterocycles. The molecule has 2 saturated carbocycles. The Morgan fingerprint density at radius 3 is 2.58 bits per heavy atom. The first-order chi connectivity index (χ1) is 11.8. The predicted octanol–water partition coefficient (Wildman–Crippen LogP) is 3.88. The quantitative estimate of drug-likeness (QED) is 0.749. The molecule has 0 bridgehead atoms. The third-order valence-corrected chi connectivity index (χ3v) is 5.42. The maximum absolute atomic E-state index is 8.60. The first-order valence-electron chi connectivity index (χ1n) is 9.36. The highest BCUT2D eigenvalue weighted by Gasteiger charge is 2.39. The Kier molecular flexibility index (Phi) is 6.07. The maximum atomic E-state index is 8.60. The van der Waals surface area contributed by atoms with Crippen LogP contribution in [0.2, 0.25) is 0 Å². The smallest absolute Gasteiger partial charge is 0.0635 e. The minimum Gasteiger partial charge on any atom is -0.313 e. The number of rotatable bonds is 7. The first kappa shape index (κ1) is 17.2. The van der Waals surface area contributed by atoms with Gasteiger partial charge < -0.3 is 10.6 Å². The first-order valence-corrected chi connectivity index (χ1v) is 9.36. The molecule has 2 fully saturated rings. The van der Waals surface area contributed by atoms with Crippen molar-refractivity contribution in [1.82, 2.24) is 10.6 Å². The maximum Gasteiger partial charge on any atom is 0.0635 e. The fraction of sp³-hybridized carbons (Fsp3) is 0.571. The summed E-state index contributed by atoms with van der Waals surface area (Å²) in [6.45, 7) is 3.11. The van der Waals surface area contributed by atoms with E-state index in [1.807, 2.05) is 0 Å². The lowest BCUT2D eigenvalue weighted by atomic mass is 9.91. The third kappa shape index (κ3) is 4.93. The van der Waals surface area contributed by atoms with Crippen molar-refractivity contribution in [2.24, 2.45) is 5.92 Å². The van der Waals surface area contributed by atoms with E-state index in [1.165, 1.54) is 43.2 Å². The minimum atomic E-state index is 0.617. The van der Waals surface area contributed by atoms with E-state index >= 15 is 0 Å². The summed E-state index contributed by atoms with van der Waals surface area (Å²) in [6.07, 6.45) is 9.23. The summed E-state index contributed by atoms with van der Waals surface area (Å²) in [5, 5.41) is 16.0. The highest BCUT2D eigenvalue weighted by atomic mass is 15.0. The predicted molar refractivity (Wildman–Crippen MR) is 99.4 cm³/mol. The SMILES string of the molecule is C/C(=C\c1ccccc1)[C@@H]1C[C@H]1N[C@H]1CC[C@@H](NCCC#N)CC1. The van der Waals surface area contributed by atoms with Crippen LogP contribution in [0.15, 0.2) is 35.9 Å². The normalized spacial score (nSPS) is 29.9. The van der Waals surface area contributed by atoms with Crippen molar-refractivity contribution in [2.45, 2.75) is 63.6 Å². The van der Waals surface area contributed by atoms with Crippen LogP contribution in [0.4, 0.5) is 0 Å². The van der Waals surface area contributed by atoms with Gasteiger partial charge in [0.15, 0.2) is 0 Å². The van der Waals surface area contributed by atoms with Gasteiger partial charge >= 0.3 is 0 Å². The summed E-state index contributed by atoms with van der Waals surface area (Å²) < 4.78 is 0. The molecule has 0 heterocycles. The second-order valence-electron chi connectivity index (χ2n) is 7.33. The summed E-state index contributed by atoms with van der Waals surface area (Å²) >= 11 is 0. The largest absolute Gasteiger partial charge is 0.313 e. The molecule has 128 valence electrons. The van der Waals surface area contributed by atoms with Crippen molar-refractivity contribution in [3.63, 3.8) is 0 Å². The van der Waals surface area contributed by atoms with E-state index in [9.17, 15) is 0 Å². The van der Waals surface area contributed by atoms with Gasteiger partial charge in [-0.25, -0.2) is 0 Å². The van der Waals surface area contributed by atoms with Crippen LogP contribution < -0.4 is 10.6 Å². The molecular weight excluding hydrogens is 294 g/mol. The topological polar surface area (TPSA) is 47.8 Å². The average molecular weight is 323 g/mol. The van der Waals surface area contributed by atoms with Crippen LogP contribution in [0, 0.1) is 17.2 Å². The number of hydrogen-bond acceptors (Lipinski definition) is 3. The van der Waals surface area contributed by atoms with Gasteiger partial charge in [0, 0.05) is 31.1 Å². The van der Waals surface area contributed by atoms with Crippen molar-refractivity contribution in [1.29, 1.82) is 5.26 Å². The molecule has 2 N–H and O–H groups in total. The van der Waals surface area contributed by atoms with E-state index in [0.717, 1.165) is 12.5 Å². The Labute approximate surface area is 146 Å². The van der Waals surface area contributed by atoms with Crippen molar-refractivity contribution in [3.05, 3.63) is 41.5 Å². The molecule has 3 heteroatoms. The van der Waals surface area contributed by atoms with E-state index in [0.29, 0.717) is 24.5 Å². The second-order valence-corrected chi connectivity index (χ2v) is 7.33. The van der Waals surface area contributed by atoms with Gasteiger partial charge in [-0.3, -0.25) is 0 Å². The molecule has 3 nitrogen and oxygen atoms in total. The minimum absolute atomic E-state index is 0.617. The summed E-state index contributed by atoms with van der Waals surface area (Å²) in [4.78, 5) is 0. The van der Waals surface area contributed by atoms with E-state index in [1.54, 1.807) is 0 Å². The standard InChI is InChI=1S/C21H29N3/c1-16(14-17-6-3-2-4-7-17)20-15-21(20)24-19-10-8-18(9-11-19)23-13-5-12-22/h2-4,6-7,14,18-21,23-24H,5,8-11,13,15H2,1H3/b16-14+/t18-,19+,20-,21+/m0/s1. The number of nitriles is 1. The van der Waals surface area contributed by atoms with E-state index < -0.39 is 0 Å². The van der Waals surface area contributed by atoms with Crippen molar-refractivity contribution in [2.75, 3.05) is 6.54 Å². The molecule has 0 spiro atoms. The lowest BCUT2D eigenvalue weighted by molar-refractivity contribution is 0.306. The van der Waals surface area contributed by atoms with Crippen LogP contribution in [0.1, 0.15) is 51.0 Å². The van der Waals surface area contributed by atoms with Gasteiger partial charge in [0.1, 0.15) is 0 Å². The molecule has 1 aromatic rings. The van der Waals surface area contributed by atoms with Crippen LogP contribution in [-0.4, -0.2) is 24.7 Å². The van der Waals surface area contributed by atoms with Gasteiger partial charge in [-0.1, -0.05) is 42.0 Å². The molecule has 3 rings (SSSR count). The van der Waals surface area contributed by atoms with Gasteiger partial charge in [0.25, 0.3) is 0 Å². The number of nitrogens with zero attached hydrogens (tertiary/aromatic N) is 1. The van der Waals surface area contributed by atoms with Crippen LogP contribution in [0.25, 0.3) is 6.08 Å². The lowest BCUT2D eigenvalue weighted by Crippen LogP contribution is -2.41. The summed E-state index contributed by atoms with van der Waals surface area (Å²) in [7, 11) is 0. The monoisotopic (exact) mass is 323 g/mol. The summed E-state index contributed by atoms with van der Waals surface area (Å²) in [5.74, 6) is 0.719. The molecule has 1 aromatic carbocycles. The number of nitrogens with one attached hydrogen (secondary N) is 2. The third-order valence-electron chi connectivity index (χ3n) is 5.42. The average Bonchev–Trinajstić information content (AvgIpc) is 3.37. The van der Waals surface area contributed by atoms with Crippen molar-refractivity contribution in [3.8, 4) is 6.07 Å². The summed E-state index contributed by atoms with van der Waals surface area (Å²) in [5.41, 5.74) is 2.81. The number of hydrogen-bond donors (Lipinski definition) is 2. The van der Waals surface area contributed by atoms with Crippen molar-refractivity contribution < 1.29 is 0 Å². The molecule has 2 atom stereocenters. The van der Waals surface area contributed by atoms with Gasteiger partial charge in [-0.15, -0.1) is 0 Å². The lowest BCUT2D eigenvalue weighted by Gasteiger charge is -2.30.